The summed E-state index contributed by atoms with van der Waals surface area (Å²) in [4.78, 5) is 11.8. The van der Waals surface area contributed by atoms with Crippen LogP contribution in [-0.4, -0.2) is 70.6 Å². The molecule has 0 radical (unpaired) electrons. The van der Waals surface area contributed by atoms with Gasteiger partial charge in [0.15, 0.2) is 5.82 Å². The van der Waals surface area contributed by atoms with Crippen LogP contribution >= 0.6 is 11.6 Å². The number of anilines is 1. The zero-order chi connectivity index (χ0) is 27.2. The van der Waals surface area contributed by atoms with Gasteiger partial charge in [-0.2, -0.15) is 0 Å². The number of halogens is 1. The first-order valence-corrected chi connectivity index (χ1v) is 13.7. The molecule has 0 amide bonds. The number of hydrogen-bond donors (Lipinski definition) is 3. The van der Waals surface area contributed by atoms with E-state index >= 15 is 0 Å². The number of nitrogens with one attached hydrogen (secondary N) is 1. The number of likely N-dealkylation sites (tertiary alicyclic amines) is 1. The Bertz CT molecular complexity index is 1200. The molecule has 0 spiro atoms. The third kappa shape index (κ3) is 7.02. The Hall–Kier alpha value is -2.72. The Labute approximate surface area is 229 Å². The minimum absolute atomic E-state index is 0.142. The highest BCUT2D eigenvalue weighted by Crippen LogP contribution is 2.35. The molecule has 38 heavy (non-hydrogen) atoms. The lowest BCUT2D eigenvalue weighted by Crippen LogP contribution is -2.31. The number of ether oxygens (including phenoxy) is 1. The predicted molar refractivity (Wildman–Crippen MR) is 150 cm³/mol. The lowest BCUT2D eigenvalue weighted by atomic mass is 10.1. The van der Waals surface area contributed by atoms with Gasteiger partial charge in [-0.25, -0.2) is 9.97 Å². The molecule has 9 nitrogen and oxygen atoms in total. The molecular weight excluding hydrogens is 504 g/mol. The van der Waals surface area contributed by atoms with Crippen molar-refractivity contribution in [2.24, 2.45) is 0 Å². The Balaban J connectivity index is 0.000000311. The van der Waals surface area contributed by atoms with Gasteiger partial charge in [0.25, 0.3) is 0 Å². The van der Waals surface area contributed by atoms with Crippen LogP contribution in [0.25, 0.3) is 22.6 Å². The fraction of sp³-hybridized carbons (Fsp3) is 0.536. The van der Waals surface area contributed by atoms with Gasteiger partial charge in [-0.3, -0.25) is 0 Å². The van der Waals surface area contributed by atoms with Crippen molar-refractivity contribution in [3.05, 3.63) is 40.2 Å². The van der Waals surface area contributed by atoms with Crippen molar-refractivity contribution < 1.29 is 14.4 Å². The van der Waals surface area contributed by atoms with Crippen LogP contribution in [-0.2, 0) is 0 Å². The number of benzene rings is 1. The molecule has 1 saturated carbocycles. The van der Waals surface area contributed by atoms with E-state index in [9.17, 15) is 5.11 Å². The average Bonchev–Trinajstić information content (AvgIpc) is 3.71. The number of nitrogen functional groups attached to an aromatic ring is 1. The van der Waals surface area contributed by atoms with E-state index in [1.807, 2.05) is 20.8 Å². The van der Waals surface area contributed by atoms with Gasteiger partial charge in [-0.15, -0.1) is 0 Å². The van der Waals surface area contributed by atoms with Crippen LogP contribution in [0.4, 0.5) is 5.82 Å². The van der Waals surface area contributed by atoms with Crippen molar-refractivity contribution in [2.45, 2.75) is 65.0 Å². The Morgan fingerprint density at radius 1 is 1.18 bits per heavy atom. The molecule has 3 heterocycles. The highest BCUT2D eigenvalue weighted by atomic mass is 35.5. The summed E-state index contributed by atoms with van der Waals surface area (Å²) in [7, 11) is 1.76. The molecule has 1 unspecified atom stereocenters. The summed E-state index contributed by atoms with van der Waals surface area (Å²) in [6.07, 6.45) is 6.73. The summed E-state index contributed by atoms with van der Waals surface area (Å²) in [6, 6.07) is 6.18. The van der Waals surface area contributed by atoms with E-state index < -0.39 is 6.10 Å². The van der Waals surface area contributed by atoms with Crippen LogP contribution in [0.1, 0.15) is 49.1 Å². The maximum absolute atomic E-state index is 9.84. The number of nitrogens with two attached hydrogens (primary N) is 1. The van der Waals surface area contributed by atoms with E-state index in [0.29, 0.717) is 46.0 Å². The van der Waals surface area contributed by atoms with Crippen LogP contribution in [0.5, 0.6) is 5.75 Å². The fourth-order valence-corrected chi connectivity index (χ4v) is 4.90. The molecule has 2 fully saturated rings. The van der Waals surface area contributed by atoms with Gasteiger partial charge in [0, 0.05) is 23.7 Å². The molecule has 1 aromatic carbocycles. The van der Waals surface area contributed by atoms with E-state index in [-0.39, 0.29) is 6.61 Å². The second kappa shape index (κ2) is 12.9. The van der Waals surface area contributed by atoms with E-state index in [2.05, 4.69) is 20.4 Å². The third-order valence-electron chi connectivity index (χ3n) is 6.97. The minimum atomic E-state index is -0.628. The fourth-order valence-electron chi connectivity index (χ4n) is 4.69. The standard InChI is InChI=1S/C20H24ClN5O3.C8H15N/c1-10-18(17-11(2)26-29-12(17)3)24-20(25-19(10)22)15-7-14(5-6-16(15)21)28-9-13(27)8-23-4;1-2-6-9(7-3-1)8-4-5-8/h5-7,13,23,27H,8-9H2,1-4H3,(H2,22,24,25);8H,1-7H2. The molecule has 3 aromatic rings. The van der Waals surface area contributed by atoms with Crippen molar-refractivity contribution in [3.63, 3.8) is 0 Å². The summed E-state index contributed by atoms with van der Waals surface area (Å²) < 4.78 is 11.0. The number of nitrogens with zero attached hydrogens (tertiary/aromatic N) is 4. The second-order valence-corrected chi connectivity index (χ2v) is 10.5. The van der Waals surface area contributed by atoms with E-state index in [1.54, 1.807) is 25.2 Å². The Morgan fingerprint density at radius 3 is 2.55 bits per heavy atom. The van der Waals surface area contributed by atoms with Gasteiger partial charge in [0.2, 0.25) is 0 Å². The zero-order valence-corrected chi connectivity index (χ0v) is 23.5. The van der Waals surface area contributed by atoms with Crippen molar-refractivity contribution >= 4 is 17.4 Å². The maximum Gasteiger partial charge on any atom is 0.163 e. The van der Waals surface area contributed by atoms with Gasteiger partial charge < -0.3 is 30.3 Å². The van der Waals surface area contributed by atoms with Crippen LogP contribution in [0, 0.1) is 20.8 Å². The molecule has 5 rings (SSSR count). The summed E-state index contributed by atoms with van der Waals surface area (Å²) in [5.74, 6) is 1.91. The van der Waals surface area contributed by atoms with E-state index in [1.165, 1.54) is 45.2 Å². The number of rotatable bonds is 8. The molecule has 4 N–H and O–H groups in total. The number of likely N-dealkylation sites (N-methyl/N-ethyl adjacent to an activating group) is 1. The second-order valence-electron chi connectivity index (χ2n) is 10.1. The Kier molecular flexibility index (Phi) is 9.59. The van der Waals surface area contributed by atoms with Gasteiger partial charge in [0.05, 0.1) is 22.0 Å². The van der Waals surface area contributed by atoms with Crippen LogP contribution in [0.2, 0.25) is 5.02 Å². The molecule has 1 atom stereocenters. The van der Waals surface area contributed by atoms with Crippen molar-refractivity contribution in [2.75, 3.05) is 39.0 Å². The number of aryl methyl sites for hydroxylation is 2. The van der Waals surface area contributed by atoms with E-state index in [4.69, 9.17) is 31.6 Å². The SMILES string of the molecule is C1CCN(C2CC2)CC1.CNCC(O)COc1ccc(Cl)c(-c2nc(N)c(C)c(-c3c(C)noc3C)n2)c1. The van der Waals surface area contributed by atoms with Gasteiger partial charge in [0.1, 0.15) is 30.0 Å². The molecule has 10 heteroatoms. The molecular formula is C28H39ClN6O3. The lowest BCUT2D eigenvalue weighted by molar-refractivity contribution is 0.108. The number of aliphatic hydroxyl groups excluding tert-OH is 1. The van der Waals surface area contributed by atoms with Crippen LogP contribution in [0.3, 0.4) is 0 Å². The van der Waals surface area contributed by atoms with Crippen LogP contribution < -0.4 is 15.8 Å². The summed E-state index contributed by atoms with van der Waals surface area (Å²) in [5, 5.41) is 17.2. The number of aromatic nitrogens is 3. The highest BCUT2D eigenvalue weighted by molar-refractivity contribution is 6.33. The molecule has 1 aliphatic heterocycles. The lowest BCUT2D eigenvalue weighted by Gasteiger charge is -2.25. The topological polar surface area (TPSA) is 123 Å². The average molecular weight is 543 g/mol. The first-order valence-electron chi connectivity index (χ1n) is 13.3. The highest BCUT2D eigenvalue weighted by Gasteiger charge is 2.29. The quantitative estimate of drug-likeness (QED) is 0.376. The first-order chi connectivity index (χ1) is 18.3. The number of hydrogen-bond acceptors (Lipinski definition) is 9. The third-order valence-corrected chi connectivity index (χ3v) is 7.30. The maximum atomic E-state index is 9.84. The van der Waals surface area contributed by atoms with E-state index in [0.717, 1.165) is 22.9 Å². The van der Waals surface area contributed by atoms with Crippen LogP contribution in [0.15, 0.2) is 22.7 Å². The van der Waals surface area contributed by atoms with Crippen molar-refractivity contribution in [1.29, 1.82) is 0 Å². The Morgan fingerprint density at radius 2 is 1.92 bits per heavy atom. The smallest absolute Gasteiger partial charge is 0.163 e. The molecule has 2 aliphatic rings. The first kappa shape index (κ1) is 28.3. The molecule has 206 valence electrons. The molecule has 0 bridgehead atoms. The van der Waals surface area contributed by atoms with Crippen molar-refractivity contribution in [3.8, 4) is 28.4 Å². The van der Waals surface area contributed by atoms with Gasteiger partial charge in [-0.1, -0.05) is 23.2 Å². The summed E-state index contributed by atoms with van der Waals surface area (Å²) >= 11 is 6.41. The van der Waals surface area contributed by atoms with Gasteiger partial charge >= 0.3 is 0 Å². The minimum Gasteiger partial charge on any atom is -0.491 e. The molecule has 1 aliphatic carbocycles. The largest absolute Gasteiger partial charge is 0.491 e. The molecule has 1 saturated heterocycles. The summed E-state index contributed by atoms with van der Waals surface area (Å²) in [6.45, 7) is 8.88. The zero-order valence-electron chi connectivity index (χ0n) is 22.8. The molecule has 2 aromatic heterocycles. The summed E-state index contributed by atoms with van der Waals surface area (Å²) in [5.41, 5.74) is 9.64. The number of piperidine rings is 1. The monoisotopic (exact) mass is 542 g/mol. The predicted octanol–water partition coefficient (Wildman–Crippen LogP) is 4.55. The van der Waals surface area contributed by atoms with Crippen molar-refractivity contribution in [1.82, 2.24) is 25.3 Å². The normalized spacial score (nSPS) is 16.6. The number of aliphatic hydroxyl groups is 1. The van der Waals surface area contributed by atoms with Gasteiger partial charge in [-0.05, 0) is 84.8 Å².